The zero-order valence-electron chi connectivity index (χ0n) is 15.2. The summed E-state index contributed by atoms with van der Waals surface area (Å²) in [4.78, 5) is 23.7. The monoisotopic (exact) mass is 344 g/mol. The average Bonchev–Trinajstić information content (AvgIpc) is 2.77. The maximum atomic E-state index is 11.9. The van der Waals surface area contributed by atoms with E-state index in [2.05, 4.69) is 20.8 Å². The van der Waals surface area contributed by atoms with Gasteiger partial charge in [-0.2, -0.15) is 0 Å². The maximum Gasteiger partial charge on any atom is 0.307 e. The fourth-order valence-corrected chi connectivity index (χ4v) is 7.22. The molecule has 3 fully saturated rings. The van der Waals surface area contributed by atoms with Crippen LogP contribution in [-0.4, -0.2) is 28.1 Å². The molecule has 4 nitrogen and oxygen atoms in total. The molecule has 6 unspecified atom stereocenters. The van der Waals surface area contributed by atoms with E-state index in [1.165, 1.54) is 0 Å². The van der Waals surface area contributed by atoms with Crippen molar-refractivity contribution < 1.29 is 19.8 Å². The van der Waals surface area contributed by atoms with Crippen LogP contribution in [0.25, 0.3) is 0 Å². The predicted molar refractivity (Wildman–Crippen MR) is 93.7 cm³/mol. The molecule has 3 saturated carbocycles. The molecular formula is C21H28O4. The van der Waals surface area contributed by atoms with Gasteiger partial charge in [0.2, 0.25) is 0 Å². The van der Waals surface area contributed by atoms with Gasteiger partial charge in [-0.15, -0.1) is 0 Å². The van der Waals surface area contributed by atoms with E-state index in [0.29, 0.717) is 18.3 Å². The van der Waals surface area contributed by atoms with E-state index in [1.54, 1.807) is 12.2 Å². The summed E-state index contributed by atoms with van der Waals surface area (Å²) in [6.07, 6.45) is 8.18. The van der Waals surface area contributed by atoms with Crippen LogP contribution in [0, 0.1) is 40.4 Å². The summed E-state index contributed by atoms with van der Waals surface area (Å²) in [6.45, 7) is 6.30. The van der Waals surface area contributed by atoms with Crippen molar-refractivity contribution in [2.75, 3.05) is 0 Å². The molecule has 0 amide bonds. The number of rotatable bonds is 1. The highest BCUT2D eigenvalue weighted by molar-refractivity contribution is 6.01. The summed E-state index contributed by atoms with van der Waals surface area (Å²) in [5.74, 6) is -0.167. The Morgan fingerprint density at radius 1 is 1.32 bits per heavy atom. The number of carboxylic acids is 1. The highest BCUT2D eigenvalue weighted by atomic mass is 16.4. The van der Waals surface area contributed by atoms with Crippen LogP contribution in [-0.2, 0) is 9.59 Å². The van der Waals surface area contributed by atoms with Crippen LogP contribution in [0.3, 0.4) is 0 Å². The van der Waals surface area contributed by atoms with E-state index >= 15 is 0 Å². The molecular weight excluding hydrogens is 316 g/mol. The Morgan fingerprint density at radius 2 is 2.04 bits per heavy atom. The standard InChI is InChI=1S/C21H28O4/c1-11-8-15-14-5-4-12-9-13(22)6-7-20(12,2)18(14)16(23)10-21(15,3)17(11)19(24)25/h6-7,9,11,14-18,23H,4-5,8,10H2,1-3H3,(H,24,25)/t11-,14?,15?,16?,17?,18?,20?,21+/m1/s1. The van der Waals surface area contributed by atoms with Crippen molar-refractivity contribution >= 4 is 11.8 Å². The average molecular weight is 344 g/mol. The Balaban J connectivity index is 1.76. The van der Waals surface area contributed by atoms with Crippen molar-refractivity contribution in [1.82, 2.24) is 0 Å². The van der Waals surface area contributed by atoms with Crippen molar-refractivity contribution in [1.29, 1.82) is 0 Å². The molecule has 0 heterocycles. The summed E-state index contributed by atoms with van der Waals surface area (Å²) >= 11 is 0. The second-order valence-electron chi connectivity index (χ2n) is 9.33. The second-order valence-corrected chi connectivity index (χ2v) is 9.33. The Kier molecular flexibility index (Phi) is 3.60. The molecule has 0 saturated heterocycles. The highest BCUT2D eigenvalue weighted by Gasteiger charge is 2.64. The first-order chi connectivity index (χ1) is 11.7. The number of fused-ring (bicyclic) bond motifs is 5. The van der Waals surface area contributed by atoms with E-state index in [1.807, 2.05) is 6.08 Å². The van der Waals surface area contributed by atoms with Crippen LogP contribution in [0.1, 0.15) is 46.5 Å². The minimum absolute atomic E-state index is 0.0430. The van der Waals surface area contributed by atoms with Gasteiger partial charge in [0.15, 0.2) is 5.78 Å². The molecule has 4 aliphatic carbocycles. The summed E-state index contributed by atoms with van der Waals surface area (Å²) in [7, 11) is 0. The molecule has 0 spiro atoms. The third kappa shape index (κ3) is 2.16. The summed E-state index contributed by atoms with van der Waals surface area (Å²) < 4.78 is 0. The number of aliphatic carboxylic acids is 1. The first-order valence-corrected chi connectivity index (χ1v) is 9.53. The number of carboxylic acid groups (broad SMARTS) is 1. The third-order valence-electron chi connectivity index (χ3n) is 8.10. The van der Waals surface area contributed by atoms with Crippen LogP contribution in [0.5, 0.6) is 0 Å². The number of carbonyl (C=O) groups is 2. The number of allylic oxidation sites excluding steroid dienone is 4. The van der Waals surface area contributed by atoms with Gasteiger partial charge in [0, 0.05) is 11.3 Å². The SMILES string of the molecule is C[C@@H]1CC2C3CCC4=CC(=O)C=CC4(C)C3C(O)C[C@]2(C)C1C(=O)O. The summed E-state index contributed by atoms with van der Waals surface area (Å²) in [5.41, 5.74) is 0.532. The van der Waals surface area contributed by atoms with Crippen molar-refractivity contribution in [3.8, 4) is 0 Å². The molecule has 4 heteroatoms. The van der Waals surface area contributed by atoms with E-state index in [4.69, 9.17) is 0 Å². The van der Waals surface area contributed by atoms with Gasteiger partial charge < -0.3 is 10.2 Å². The lowest BCUT2D eigenvalue weighted by Gasteiger charge is -2.58. The number of carbonyl (C=O) groups excluding carboxylic acids is 1. The Morgan fingerprint density at radius 3 is 2.72 bits per heavy atom. The molecule has 8 atom stereocenters. The quantitative estimate of drug-likeness (QED) is 0.766. The van der Waals surface area contributed by atoms with Gasteiger partial charge in [-0.1, -0.05) is 32.4 Å². The molecule has 2 N–H and O–H groups in total. The molecule has 0 radical (unpaired) electrons. The van der Waals surface area contributed by atoms with Crippen molar-refractivity contribution in [3.05, 3.63) is 23.8 Å². The normalized spacial score (nSPS) is 51.4. The minimum atomic E-state index is -0.714. The van der Waals surface area contributed by atoms with Crippen LogP contribution < -0.4 is 0 Å². The molecule has 0 aromatic heterocycles. The largest absolute Gasteiger partial charge is 0.481 e. The van der Waals surface area contributed by atoms with Gasteiger partial charge in [0.05, 0.1) is 12.0 Å². The highest BCUT2D eigenvalue weighted by Crippen LogP contribution is 2.67. The number of hydrogen-bond acceptors (Lipinski definition) is 3. The number of hydrogen-bond donors (Lipinski definition) is 2. The van der Waals surface area contributed by atoms with Crippen LogP contribution in [0.15, 0.2) is 23.8 Å². The van der Waals surface area contributed by atoms with Gasteiger partial charge in [-0.3, -0.25) is 9.59 Å². The van der Waals surface area contributed by atoms with Gasteiger partial charge in [0.25, 0.3) is 0 Å². The molecule has 136 valence electrons. The molecule has 4 rings (SSSR count). The molecule has 0 aromatic rings. The Labute approximate surface area is 149 Å². The molecule has 0 aliphatic heterocycles. The van der Waals surface area contributed by atoms with Crippen molar-refractivity contribution in [3.63, 3.8) is 0 Å². The predicted octanol–water partition coefficient (Wildman–Crippen LogP) is 3.21. The number of ketones is 1. The lowest BCUT2D eigenvalue weighted by atomic mass is 9.47. The maximum absolute atomic E-state index is 11.9. The summed E-state index contributed by atoms with van der Waals surface area (Å²) in [6, 6.07) is 0. The van der Waals surface area contributed by atoms with Gasteiger partial charge in [-0.25, -0.2) is 0 Å². The van der Waals surface area contributed by atoms with Gasteiger partial charge >= 0.3 is 5.97 Å². The van der Waals surface area contributed by atoms with Crippen molar-refractivity contribution in [2.24, 2.45) is 40.4 Å². The van der Waals surface area contributed by atoms with E-state index in [9.17, 15) is 19.8 Å². The first kappa shape index (κ1) is 17.0. The fraction of sp³-hybridized carbons (Fsp3) is 0.714. The zero-order chi connectivity index (χ0) is 18.1. The zero-order valence-corrected chi connectivity index (χ0v) is 15.2. The smallest absolute Gasteiger partial charge is 0.307 e. The lowest BCUT2D eigenvalue weighted by molar-refractivity contribution is -0.156. The fourth-order valence-electron chi connectivity index (χ4n) is 7.22. The van der Waals surface area contributed by atoms with Gasteiger partial charge in [-0.05, 0) is 61.0 Å². The number of aliphatic hydroxyl groups is 1. The minimum Gasteiger partial charge on any atom is -0.481 e. The number of aliphatic hydroxyl groups excluding tert-OH is 1. The topological polar surface area (TPSA) is 74.6 Å². The molecule has 0 aromatic carbocycles. The Bertz CT molecular complexity index is 692. The van der Waals surface area contributed by atoms with E-state index in [0.717, 1.165) is 24.8 Å². The van der Waals surface area contributed by atoms with Crippen molar-refractivity contribution in [2.45, 2.75) is 52.6 Å². The van der Waals surface area contributed by atoms with Crippen LogP contribution in [0.4, 0.5) is 0 Å². The second kappa shape index (κ2) is 5.29. The van der Waals surface area contributed by atoms with Crippen LogP contribution in [0.2, 0.25) is 0 Å². The molecule has 4 aliphatic rings. The van der Waals surface area contributed by atoms with Gasteiger partial charge in [0.1, 0.15) is 0 Å². The van der Waals surface area contributed by atoms with Crippen LogP contribution >= 0.6 is 0 Å². The lowest BCUT2D eigenvalue weighted by Crippen LogP contribution is -2.56. The molecule has 0 bridgehead atoms. The summed E-state index contributed by atoms with van der Waals surface area (Å²) in [5, 5.41) is 20.9. The third-order valence-corrected chi connectivity index (χ3v) is 8.10. The van der Waals surface area contributed by atoms with E-state index in [-0.39, 0.29) is 34.4 Å². The molecule has 25 heavy (non-hydrogen) atoms. The first-order valence-electron chi connectivity index (χ1n) is 9.53. The Hall–Kier alpha value is -1.42. The van der Waals surface area contributed by atoms with E-state index < -0.39 is 12.1 Å².